The van der Waals surface area contributed by atoms with Gasteiger partial charge in [-0.15, -0.1) is 5.10 Å². The number of aliphatic hydroxyl groups is 1. The number of aryl methyl sites for hydroxylation is 2. The van der Waals surface area contributed by atoms with Crippen LogP contribution in [0, 0.1) is 0 Å². The lowest BCUT2D eigenvalue weighted by atomic mass is 10.1. The normalized spacial score (nSPS) is 12.9. The highest BCUT2D eigenvalue weighted by Crippen LogP contribution is 2.17. The van der Waals surface area contributed by atoms with Crippen LogP contribution in [0.25, 0.3) is 0 Å². The zero-order chi connectivity index (χ0) is 11.5. The summed E-state index contributed by atoms with van der Waals surface area (Å²) in [5, 5.41) is 19.9. The fraction of sp³-hybridized carbons (Fsp3) is 0.500. The average molecular weight is 238 g/mol. The van der Waals surface area contributed by atoms with Gasteiger partial charge in [-0.25, -0.2) is 0 Å². The Morgan fingerprint density at radius 2 is 2.38 bits per heavy atom. The molecule has 0 bridgehead atoms. The highest BCUT2D eigenvalue weighted by molar-refractivity contribution is 7.03. The van der Waals surface area contributed by atoms with E-state index in [1.54, 1.807) is 5.38 Å². The quantitative estimate of drug-likeness (QED) is 0.866. The first-order valence-electron chi connectivity index (χ1n) is 5.17. The minimum absolute atomic E-state index is 0.523. The standard InChI is InChI=1S/C10H14N4OS/c1-3-7-4-8(14(2)12-7)5-10(15)9-6-16-13-11-9/h4,6,10,15H,3,5H2,1-2H3. The number of aromatic nitrogens is 4. The second-order valence-electron chi connectivity index (χ2n) is 3.65. The predicted molar refractivity (Wildman–Crippen MR) is 61.2 cm³/mol. The molecule has 16 heavy (non-hydrogen) atoms. The van der Waals surface area contributed by atoms with E-state index in [0.717, 1.165) is 17.8 Å². The summed E-state index contributed by atoms with van der Waals surface area (Å²) in [7, 11) is 1.89. The molecule has 6 heteroatoms. The molecule has 0 aliphatic heterocycles. The monoisotopic (exact) mass is 238 g/mol. The number of nitrogens with zero attached hydrogens (tertiary/aromatic N) is 4. The van der Waals surface area contributed by atoms with Crippen LogP contribution < -0.4 is 0 Å². The van der Waals surface area contributed by atoms with Crippen LogP contribution in [0.2, 0.25) is 0 Å². The molecule has 0 saturated carbocycles. The largest absolute Gasteiger partial charge is 0.386 e. The van der Waals surface area contributed by atoms with Crippen molar-refractivity contribution in [3.8, 4) is 0 Å². The molecule has 0 aliphatic rings. The van der Waals surface area contributed by atoms with E-state index in [-0.39, 0.29) is 0 Å². The molecule has 2 heterocycles. The summed E-state index contributed by atoms with van der Waals surface area (Å²) in [4.78, 5) is 0. The van der Waals surface area contributed by atoms with Gasteiger partial charge in [0.05, 0.1) is 5.69 Å². The molecule has 0 fully saturated rings. The minimum atomic E-state index is -0.598. The molecule has 0 aromatic carbocycles. The SMILES string of the molecule is CCc1cc(CC(O)c2csnn2)n(C)n1. The van der Waals surface area contributed by atoms with Crippen molar-refractivity contribution in [3.63, 3.8) is 0 Å². The van der Waals surface area contributed by atoms with E-state index in [9.17, 15) is 5.11 Å². The zero-order valence-electron chi connectivity index (χ0n) is 9.29. The molecule has 0 spiro atoms. The van der Waals surface area contributed by atoms with E-state index in [4.69, 9.17) is 0 Å². The van der Waals surface area contributed by atoms with Gasteiger partial charge in [0.2, 0.25) is 0 Å². The van der Waals surface area contributed by atoms with E-state index >= 15 is 0 Å². The Balaban J connectivity index is 2.11. The lowest BCUT2D eigenvalue weighted by Crippen LogP contribution is -2.06. The van der Waals surface area contributed by atoms with E-state index in [2.05, 4.69) is 21.6 Å². The second-order valence-corrected chi connectivity index (χ2v) is 4.26. The van der Waals surface area contributed by atoms with Crippen LogP contribution in [0.5, 0.6) is 0 Å². The van der Waals surface area contributed by atoms with Crippen molar-refractivity contribution in [2.45, 2.75) is 25.9 Å². The maximum Gasteiger partial charge on any atom is 0.104 e. The molecule has 2 aromatic rings. The van der Waals surface area contributed by atoms with E-state index in [1.165, 1.54) is 11.5 Å². The van der Waals surface area contributed by atoms with Crippen molar-refractivity contribution in [1.29, 1.82) is 0 Å². The van der Waals surface area contributed by atoms with Gasteiger partial charge in [-0.1, -0.05) is 11.4 Å². The van der Waals surface area contributed by atoms with Crippen molar-refractivity contribution in [2.24, 2.45) is 7.05 Å². The third-order valence-electron chi connectivity index (χ3n) is 2.51. The first-order chi connectivity index (χ1) is 7.70. The first-order valence-corrected chi connectivity index (χ1v) is 6.01. The zero-order valence-corrected chi connectivity index (χ0v) is 10.1. The summed E-state index contributed by atoms with van der Waals surface area (Å²) >= 11 is 1.25. The average Bonchev–Trinajstić information content (AvgIpc) is 2.88. The second kappa shape index (κ2) is 4.71. The molecule has 2 rings (SSSR count). The first kappa shape index (κ1) is 11.2. The Morgan fingerprint density at radius 1 is 1.56 bits per heavy atom. The Labute approximate surface area is 97.9 Å². The fourth-order valence-corrected chi connectivity index (χ4v) is 2.06. The van der Waals surface area contributed by atoms with Crippen molar-refractivity contribution >= 4 is 11.5 Å². The summed E-state index contributed by atoms with van der Waals surface area (Å²) in [5.41, 5.74) is 2.68. The minimum Gasteiger partial charge on any atom is -0.386 e. The van der Waals surface area contributed by atoms with Crippen molar-refractivity contribution < 1.29 is 5.11 Å². The van der Waals surface area contributed by atoms with Gasteiger partial charge in [-0.05, 0) is 24.0 Å². The summed E-state index contributed by atoms with van der Waals surface area (Å²) in [6.07, 6.45) is 0.829. The number of aliphatic hydroxyl groups excluding tert-OH is 1. The molecule has 1 N–H and O–H groups in total. The summed E-state index contributed by atoms with van der Waals surface area (Å²) < 4.78 is 5.55. The molecule has 1 unspecified atom stereocenters. The lowest BCUT2D eigenvalue weighted by Gasteiger charge is -2.06. The van der Waals surface area contributed by atoms with Gasteiger partial charge in [-0.3, -0.25) is 4.68 Å². The van der Waals surface area contributed by atoms with Crippen LogP contribution in [-0.2, 0) is 19.9 Å². The third kappa shape index (κ3) is 2.28. The maximum absolute atomic E-state index is 9.93. The molecule has 2 aromatic heterocycles. The molecule has 1 atom stereocenters. The summed E-state index contributed by atoms with van der Waals surface area (Å²) in [5.74, 6) is 0. The predicted octanol–water partition coefficient (Wildman–Crippen LogP) is 1.11. The van der Waals surface area contributed by atoms with Gasteiger partial charge in [0.25, 0.3) is 0 Å². The van der Waals surface area contributed by atoms with Crippen LogP contribution in [-0.4, -0.2) is 24.5 Å². The van der Waals surface area contributed by atoms with Crippen molar-refractivity contribution in [2.75, 3.05) is 0 Å². The topological polar surface area (TPSA) is 63.8 Å². The molecular formula is C10H14N4OS. The van der Waals surface area contributed by atoms with Crippen LogP contribution in [0.3, 0.4) is 0 Å². The number of hydrogen-bond acceptors (Lipinski definition) is 5. The molecule has 86 valence electrons. The molecular weight excluding hydrogens is 224 g/mol. The summed E-state index contributed by atoms with van der Waals surface area (Å²) in [6.45, 7) is 2.06. The number of hydrogen-bond donors (Lipinski definition) is 1. The number of rotatable bonds is 4. The van der Waals surface area contributed by atoms with E-state index in [1.807, 2.05) is 17.8 Å². The van der Waals surface area contributed by atoms with Crippen molar-refractivity contribution in [1.82, 2.24) is 19.4 Å². The van der Waals surface area contributed by atoms with Gasteiger partial charge in [0, 0.05) is 24.5 Å². The molecule has 5 nitrogen and oxygen atoms in total. The highest BCUT2D eigenvalue weighted by atomic mass is 32.1. The van der Waals surface area contributed by atoms with Crippen LogP contribution >= 0.6 is 11.5 Å². The smallest absolute Gasteiger partial charge is 0.104 e. The molecule has 0 aliphatic carbocycles. The Hall–Kier alpha value is -1.27. The van der Waals surface area contributed by atoms with Crippen LogP contribution in [0.4, 0.5) is 0 Å². The van der Waals surface area contributed by atoms with E-state index < -0.39 is 6.10 Å². The van der Waals surface area contributed by atoms with Gasteiger partial charge >= 0.3 is 0 Å². The third-order valence-corrected chi connectivity index (χ3v) is 3.03. The Bertz CT molecular complexity index is 451. The molecule has 0 saturated heterocycles. The van der Waals surface area contributed by atoms with Crippen LogP contribution in [0.15, 0.2) is 11.4 Å². The summed E-state index contributed by atoms with van der Waals surface area (Å²) in [6, 6.07) is 2.02. The highest BCUT2D eigenvalue weighted by Gasteiger charge is 2.14. The lowest BCUT2D eigenvalue weighted by molar-refractivity contribution is 0.171. The van der Waals surface area contributed by atoms with E-state index in [0.29, 0.717) is 12.1 Å². The Kier molecular flexibility index (Phi) is 3.31. The molecule has 0 amide bonds. The Morgan fingerprint density at radius 3 is 2.94 bits per heavy atom. The van der Waals surface area contributed by atoms with Crippen LogP contribution in [0.1, 0.15) is 30.1 Å². The van der Waals surface area contributed by atoms with Gasteiger partial charge in [-0.2, -0.15) is 5.10 Å². The van der Waals surface area contributed by atoms with Gasteiger partial charge in [0.1, 0.15) is 11.8 Å². The fourth-order valence-electron chi connectivity index (χ4n) is 1.56. The van der Waals surface area contributed by atoms with Gasteiger partial charge in [0.15, 0.2) is 0 Å². The molecule has 0 radical (unpaired) electrons. The van der Waals surface area contributed by atoms with Gasteiger partial charge < -0.3 is 5.11 Å². The van der Waals surface area contributed by atoms with Crippen molar-refractivity contribution in [3.05, 3.63) is 28.5 Å². The maximum atomic E-state index is 9.93.